The number of H-pyrrole nitrogens is 1. The highest BCUT2D eigenvalue weighted by atomic mass is 35.5. The fourth-order valence-electron chi connectivity index (χ4n) is 2.32. The van der Waals surface area contributed by atoms with Crippen LogP contribution in [0.1, 0.15) is 15.9 Å². The topological polar surface area (TPSA) is 105 Å². The number of carbonyl (C=O) groups excluding carboxylic acids is 1. The van der Waals surface area contributed by atoms with Crippen molar-refractivity contribution in [2.45, 2.75) is 11.4 Å². The predicted octanol–water partition coefficient (Wildman–Crippen LogP) is 2.97. The lowest BCUT2D eigenvalue weighted by atomic mass is 10.1. The van der Waals surface area contributed by atoms with Gasteiger partial charge in [-0.25, -0.2) is 13.6 Å². The molecular formula is C16H14ClN3O3S2. The van der Waals surface area contributed by atoms with E-state index in [9.17, 15) is 13.2 Å². The third-order valence-electron chi connectivity index (χ3n) is 3.51. The number of hydrogen-bond acceptors (Lipinski definition) is 4. The lowest BCUT2D eigenvalue weighted by Gasteiger charge is -2.07. The van der Waals surface area contributed by atoms with Crippen molar-refractivity contribution in [3.63, 3.8) is 0 Å². The van der Waals surface area contributed by atoms with Gasteiger partial charge in [-0.1, -0.05) is 23.7 Å². The van der Waals surface area contributed by atoms with Crippen LogP contribution >= 0.6 is 22.9 Å². The van der Waals surface area contributed by atoms with Crippen LogP contribution in [0.15, 0.2) is 53.7 Å². The number of nitrogens with one attached hydrogen (secondary N) is 2. The van der Waals surface area contributed by atoms with Crippen molar-refractivity contribution in [2.75, 3.05) is 0 Å². The molecule has 0 atom stereocenters. The van der Waals surface area contributed by atoms with E-state index in [4.69, 9.17) is 16.7 Å². The molecule has 3 rings (SSSR count). The molecule has 9 heteroatoms. The van der Waals surface area contributed by atoms with Gasteiger partial charge in [-0.2, -0.15) is 0 Å². The molecule has 1 aromatic carbocycles. The zero-order valence-corrected chi connectivity index (χ0v) is 15.2. The second kappa shape index (κ2) is 7.01. The van der Waals surface area contributed by atoms with E-state index < -0.39 is 10.0 Å². The van der Waals surface area contributed by atoms with Crippen LogP contribution in [0, 0.1) is 0 Å². The van der Waals surface area contributed by atoms with Crippen LogP contribution in [0.4, 0.5) is 0 Å². The van der Waals surface area contributed by atoms with Gasteiger partial charge in [0.15, 0.2) is 0 Å². The number of primary sulfonamides is 1. The van der Waals surface area contributed by atoms with Crippen LogP contribution in [0.3, 0.4) is 0 Å². The average molecular weight is 396 g/mol. The van der Waals surface area contributed by atoms with Gasteiger partial charge in [-0.3, -0.25) is 4.79 Å². The van der Waals surface area contributed by atoms with Gasteiger partial charge in [0.25, 0.3) is 5.91 Å². The van der Waals surface area contributed by atoms with Gasteiger partial charge in [0.05, 0.1) is 14.8 Å². The standard InChI is InChI=1S/C16H14ClN3O3S2/c17-15-5-4-14(24-15)12-8-19-9-13(12)16(21)20-7-10-2-1-3-11(6-10)25(18,22)23/h1-6,8-9,19H,7H2,(H,20,21)(H2,18,22,23). The Labute approximate surface area is 153 Å². The number of nitrogens with two attached hydrogens (primary N) is 1. The third-order valence-corrected chi connectivity index (χ3v) is 5.68. The minimum Gasteiger partial charge on any atom is -0.366 e. The molecule has 0 saturated carbocycles. The molecule has 0 unspecified atom stereocenters. The minimum atomic E-state index is -3.78. The van der Waals surface area contributed by atoms with E-state index in [0.717, 1.165) is 10.4 Å². The zero-order chi connectivity index (χ0) is 18.0. The molecule has 0 aliphatic carbocycles. The molecule has 4 N–H and O–H groups in total. The van der Waals surface area contributed by atoms with Crippen LogP contribution < -0.4 is 10.5 Å². The van der Waals surface area contributed by atoms with Crippen molar-refractivity contribution in [3.05, 3.63) is 64.3 Å². The monoisotopic (exact) mass is 395 g/mol. The molecule has 25 heavy (non-hydrogen) atoms. The number of benzene rings is 1. The summed E-state index contributed by atoms with van der Waals surface area (Å²) in [6.07, 6.45) is 3.34. The molecule has 0 spiro atoms. The number of amides is 1. The summed E-state index contributed by atoms with van der Waals surface area (Å²) in [7, 11) is -3.78. The molecule has 130 valence electrons. The molecule has 0 bridgehead atoms. The summed E-state index contributed by atoms with van der Waals surface area (Å²) in [6, 6.07) is 9.76. The van der Waals surface area contributed by atoms with Gasteiger partial charge >= 0.3 is 0 Å². The molecule has 6 nitrogen and oxygen atoms in total. The molecule has 1 amide bonds. The molecular weight excluding hydrogens is 382 g/mol. The van der Waals surface area contributed by atoms with E-state index in [2.05, 4.69) is 10.3 Å². The molecule has 0 fully saturated rings. The largest absolute Gasteiger partial charge is 0.366 e. The highest BCUT2D eigenvalue weighted by Gasteiger charge is 2.15. The average Bonchev–Trinajstić information content (AvgIpc) is 3.20. The van der Waals surface area contributed by atoms with Gasteiger partial charge in [-0.05, 0) is 29.8 Å². The Morgan fingerprint density at radius 1 is 1.24 bits per heavy atom. The summed E-state index contributed by atoms with van der Waals surface area (Å²) >= 11 is 7.33. The van der Waals surface area contributed by atoms with Crippen LogP contribution in [0.2, 0.25) is 4.34 Å². The van der Waals surface area contributed by atoms with E-state index in [-0.39, 0.29) is 17.3 Å². The first-order valence-corrected chi connectivity index (χ1v) is 9.91. The van der Waals surface area contributed by atoms with Gasteiger partial charge in [0.2, 0.25) is 10.0 Å². The first kappa shape index (κ1) is 17.7. The molecule has 2 aromatic heterocycles. The number of hydrogen-bond donors (Lipinski definition) is 3. The normalized spacial score (nSPS) is 11.4. The Kier molecular flexibility index (Phi) is 4.96. The smallest absolute Gasteiger partial charge is 0.253 e. The Morgan fingerprint density at radius 3 is 2.72 bits per heavy atom. The first-order valence-electron chi connectivity index (χ1n) is 7.17. The van der Waals surface area contributed by atoms with E-state index in [1.54, 1.807) is 30.6 Å². The molecule has 0 aliphatic rings. The minimum absolute atomic E-state index is 0.00908. The fraction of sp³-hybridized carbons (Fsp3) is 0.0625. The Hall–Kier alpha value is -2.13. The highest BCUT2D eigenvalue weighted by molar-refractivity contribution is 7.89. The Balaban J connectivity index is 1.75. The van der Waals surface area contributed by atoms with E-state index in [1.165, 1.54) is 23.5 Å². The maximum absolute atomic E-state index is 12.5. The summed E-state index contributed by atoms with van der Waals surface area (Å²) in [5.74, 6) is -0.276. The number of sulfonamides is 1. The molecule has 0 aliphatic heterocycles. The lowest BCUT2D eigenvalue weighted by Crippen LogP contribution is -2.23. The summed E-state index contributed by atoms with van der Waals surface area (Å²) in [5, 5.41) is 7.89. The molecule has 0 radical (unpaired) electrons. The summed E-state index contributed by atoms with van der Waals surface area (Å²) in [5.41, 5.74) is 1.88. The number of thiophene rings is 1. The van der Waals surface area contributed by atoms with Crippen LogP contribution in [-0.2, 0) is 16.6 Å². The number of aromatic nitrogens is 1. The quantitative estimate of drug-likeness (QED) is 0.618. The first-order chi connectivity index (χ1) is 11.8. The van der Waals surface area contributed by atoms with E-state index in [0.29, 0.717) is 15.5 Å². The summed E-state index contributed by atoms with van der Waals surface area (Å²) in [6.45, 7) is 0.179. The molecule has 0 saturated heterocycles. The highest BCUT2D eigenvalue weighted by Crippen LogP contribution is 2.33. The maximum Gasteiger partial charge on any atom is 0.253 e. The van der Waals surface area contributed by atoms with E-state index in [1.807, 2.05) is 6.07 Å². The number of rotatable bonds is 5. The number of aromatic amines is 1. The van der Waals surface area contributed by atoms with Crippen molar-refractivity contribution >= 4 is 38.9 Å². The van der Waals surface area contributed by atoms with Gasteiger partial charge in [0.1, 0.15) is 0 Å². The SMILES string of the molecule is NS(=O)(=O)c1cccc(CNC(=O)c2c[nH]cc2-c2ccc(Cl)s2)c1. The number of halogens is 1. The van der Waals surface area contributed by atoms with Crippen molar-refractivity contribution in [3.8, 4) is 10.4 Å². The Bertz CT molecular complexity index is 1020. The second-order valence-electron chi connectivity index (χ2n) is 5.26. The van der Waals surface area contributed by atoms with Crippen molar-refractivity contribution in [1.82, 2.24) is 10.3 Å². The van der Waals surface area contributed by atoms with Gasteiger partial charge in [-0.15, -0.1) is 11.3 Å². The van der Waals surface area contributed by atoms with Crippen LogP contribution in [0.5, 0.6) is 0 Å². The summed E-state index contributed by atoms with van der Waals surface area (Å²) in [4.78, 5) is 16.3. The van der Waals surface area contributed by atoms with E-state index >= 15 is 0 Å². The van der Waals surface area contributed by atoms with Gasteiger partial charge in [0, 0.05) is 29.4 Å². The summed E-state index contributed by atoms with van der Waals surface area (Å²) < 4.78 is 23.4. The second-order valence-corrected chi connectivity index (χ2v) is 8.54. The van der Waals surface area contributed by atoms with Crippen molar-refractivity contribution in [2.24, 2.45) is 5.14 Å². The van der Waals surface area contributed by atoms with Crippen molar-refractivity contribution in [1.29, 1.82) is 0 Å². The lowest BCUT2D eigenvalue weighted by molar-refractivity contribution is 0.0951. The molecule has 3 aromatic rings. The third kappa shape index (κ3) is 4.10. The number of carbonyl (C=O) groups is 1. The van der Waals surface area contributed by atoms with Crippen molar-refractivity contribution < 1.29 is 13.2 Å². The zero-order valence-electron chi connectivity index (χ0n) is 12.8. The fourth-order valence-corrected chi connectivity index (χ4v) is 3.98. The maximum atomic E-state index is 12.5. The Morgan fingerprint density at radius 2 is 2.04 bits per heavy atom. The van der Waals surface area contributed by atoms with Crippen LogP contribution in [0.25, 0.3) is 10.4 Å². The predicted molar refractivity (Wildman–Crippen MR) is 98.1 cm³/mol. The molecule has 2 heterocycles. The van der Waals surface area contributed by atoms with Crippen LogP contribution in [-0.4, -0.2) is 19.3 Å². The van der Waals surface area contributed by atoms with Gasteiger partial charge < -0.3 is 10.3 Å².